The van der Waals surface area contributed by atoms with Gasteiger partial charge in [0, 0.05) is 54.8 Å². The number of nitrogens with zero attached hydrogens (tertiary/aromatic N) is 2. The molecule has 9 nitrogen and oxygen atoms in total. The van der Waals surface area contributed by atoms with Crippen molar-refractivity contribution < 1.29 is 9.85 Å². The van der Waals surface area contributed by atoms with E-state index in [1.54, 1.807) is 24.3 Å². The molecule has 0 fully saturated rings. The zero-order chi connectivity index (χ0) is 20.4. The molecule has 0 saturated heterocycles. The Hall–Kier alpha value is -3.20. The first-order valence-electron chi connectivity index (χ1n) is 9.16. The van der Waals surface area contributed by atoms with Gasteiger partial charge in [0.1, 0.15) is 0 Å². The van der Waals surface area contributed by atoms with Gasteiger partial charge in [-0.15, -0.1) is 0 Å². The second-order valence-corrected chi connectivity index (χ2v) is 6.46. The SMILES string of the molecule is CC(CCNc1ccc([N+](=O)[O-])cc1)NCCCNc1ccc([N+](=O)[O-])cc1. The van der Waals surface area contributed by atoms with Crippen molar-refractivity contribution in [2.45, 2.75) is 25.8 Å². The molecule has 0 aliphatic carbocycles. The van der Waals surface area contributed by atoms with Gasteiger partial charge in [-0.3, -0.25) is 20.2 Å². The van der Waals surface area contributed by atoms with Gasteiger partial charge in [0.05, 0.1) is 9.85 Å². The van der Waals surface area contributed by atoms with Crippen molar-refractivity contribution in [3.63, 3.8) is 0 Å². The van der Waals surface area contributed by atoms with E-state index in [4.69, 9.17) is 0 Å². The van der Waals surface area contributed by atoms with E-state index >= 15 is 0 Å². The zero-order valence-electron chi connectivity index (χ0n) is 15.8. The molecule has 0 aliphatic rings. The second-order valence-electron chi connectivity index (χ2n) is 6.46. The highest BCUT2D eigenvalue weighted by Gasteiger charge is 2.05. The lowest BCUT2D eigenvalue weighted by Gasteiger charge is -2.15. The van der Waals surface area contributed by atoms with Gasteiger partial charge >= 0.3 is 0 Å². The van der Waals surface area contributed by atoms with Crippen molar-refractivity contribution in [3.05, 3.63) is 68.8 Å². The quantitative estimate of drug-likeness (QED) is 0.288. The molecule has 2 rings (SSSR count). The third-order valence-corrected chi connectivity index (χ3v) is 4.24. The summed E-state index contributed by atoms with van der Waals surface area (Å²) in [5.41, 5.74) is 1.90. The number of nitrogens with one attached hydrogen (secondary N) is 3. The number of nitro groups is 2. The van der Waals surface area contributed by atoms with Gasteiger partial charge in [-0.25, -0.2) is 0 Å². The van der Waals surface area contributed by atoms with Crippen molar-refractivity contribution in [2.75, 3.05) is 30.3 Å². The average Bonchev–Trinajstić information content (AvgIpc) is 2.68. The van der Waals surface area contributed by atoms with E-state index in [0.29, 0.717) is 6.04 Å². The minimum Gasteiger partial charge on any atom is -0.385 e. The molecule has 0 amide bonds. The number of anilines is 2. The first-order valence-corrected chi connectivity index (χ1v) is 9.16. The average molecular weight is 387 g/mol. The van der Waals surface area contributed by atoms with E-state index in [1.807, 2.05) is 0 Å². The van der Waals surface area contributed by atoms with Gasteiger partial charge < -0.3 is 16.0 Å². The summed E-state index contributed by atoms with van der Waals surface area (Å²) in [6.45, 7) is 4.52. The predicted molar refractivity (Wildman–Crippen MR) is 110 cm³/mol. The van der Waals surface area contributed by atoms with Gasteiger partial charge in [-0.1, -0.05) is 0 Å². The van der Waals surface area contributed by atoms with Crippen LogP contribution >= 0.6 is 0 Å². The molecule has 0 spiro atoms. The highest BCUT2D eigenvalue weighted by Crippen LogP contribution is 2.16. The summed E-state index contributed by atoms with van der Waals surface area (Å²) in [5, 5.41) is 31.2. The minimum atomic E-state index is -0.411. The van der Waals surface area contributed by atoms with Crippen LogP contribution in [-0.2, 0) is 0 Å². The highest BCUT2D eigenvalue weighted by molar-refractivity contribution is 5.49. The van der Waals surface area contributed by atoms with Gasteiger partial charge in [-0.2, -0.15) is 0 Å². The summed E-state index contributed by atoms with van der Waals surface area (Å²) in [5.74, 6) is 0. The molecule has 0 heterocycles. The molecule has 0 aromatic heterocycles. The van der Waals surface area contributed by atoms with Crippen molar-refractivity contribution >= 4 is 22.7 Å². The molecule has 3 N–H and O–H groups in total. The first-order chi connectivity index (χ1) is 13.5. The summed E-state index contributed by atoms with van der Waals surface area (Å²) in [7, 11) is 0. The highest BCUT2D eigenvalue weighted by atomic mass is 16.6. The summed E-state index contributed by atoms with van der Waals surface area (Å²) in [6, 6.07) is 13.1. The number of hydrogen-bond donors (Lipinski definition) is 3. The number of benzene rings is 2. The normalized spacial score (nSPS) is 11.6. The molecule has 28 heavy (non-hydrogen) atoms. The lowest BCUT2D eigenvalue weighted by atomic mass is 10.2. The Kier molecular flexibility index (Phi) is 8.16. The second kappa shape index (κ2) is 10.8. The Bertz CT molecular complexity index is 765. The molecule has 0 bridgehead atoms. The van der Waals surface area contributed by atoms with Crippen LogP contribution in [0, 0.1) is 20.2 Å². The first kappa shape index (κ1) is 21.1. The van der Waals surface area contributed by atoms with E-state index in [9.17, 15) is 20.2 Å². The minimum absolute atomic E-state index is 0.0860. The van der Waals surface area contributed by atoms with Crippen molar-refractivity contribution in [2.24, 2.45) is 0 Å². The Morgan fingerprint density at radius 1 is 0.786 bits per heavy atom. The maximum absolute atomic E-state index is 10.6. The molecule has 9 heteroatoms. The van der Waals surface area contributed by atoms with Crippen molar-refractivity contribution in [1.29, 1.82) is 0 Å². The third kappa shape index (κ3) is 7.20. The maximum atomic E-state index is 10.6. The van der Waals surface area contributed by atoms with Crippen LogP contribution in [0.25, 0.3) is 0 Å². The molecule has 150 valence electrons. The van der Waals surface area contributed by atoms with Crippen molar-refractivity contribution in [3.8, 4) is 0 Å². The van der Waals surface area contributed by atoms with Gasteiger partial charge in [-0.05, 0) is 50.6 Å². The van der Waals surface area contributed by atoms with E-state index in [-0.39, 0.29) is 11.4 Å². The molecule has 0 radical (unpaired) electrons. The topological polar surface area (TPSA) is 122 Å². The fourth-order valence-electron chi connectivity index (χ4n) is 2.61. The van der Waals surface area contributed by atoms with E-state index < -0.39 is 9.85 Å². The molecule has 2 aromatic carbocycles. The smallest absolute Gasteiger partial charge is 0.269 e. The Balaban J connectivity index is 1.55. The molecule has 1 unspecified atom stereocenters. The summed E-state index contributed by atoms with van der Waals surface area (Å²) < 4.78 is 0. The fourth-order valence-corrected chi connectivity index (χ4v) is 2.61. The van der Waals surface area contributed by atoms with Crippen LogP contribution in [0.3, 0.4) is 0 Å². The number of rotatable bonds is 12. The molecular weight excluding hydrogens is 362 g/mol. The van der Waals surface area contributed by atoms with Crippen LogP contribution in [0.1, 0.15) is 19.8 Å². The number of non-ortho nitro benzene ring substituents is 2. The lowest BCUT2D eigenvalue weighted by molar-refractivity contribution is -0.385. The summed E-state index contributed by atoms with van der Waals surface area (Å²) in [4.78, 5) is 20.4. The molecule has 0 aliphatic heterocycles. The molecular formula is C19H25N5O4. The number of hydrogen-bond acceptors (Lipinski definition) is 7. The van der Waals surface area contributed by atoms with Crippen LogP contribution in [0.4, 0.5) is 22.7 Å². The van der Waals surface area contributed by atoms with Crippen LogP contribution in [-0.4, -0.2) is 35.5 Å². The standard InChI is InChI=1S/C19H25N5O4/c1-15(11-14-22-17-5-9-19(10-6-17)24(27)28)20-12-2-13-21-16-3-7-18(8-4-16)23(25)26/h3-10,15,20-22H,2,11-14H2,1H3. The van der Waals surface area contributed by atoms with Crippen LogP contribution in [0.5, 0.6) is 0 Å². The largest absolute Gasteiger partial charge is 0.385 e. The number of nitro benzene ring substituents is 2. The molecule has 1 atom stereocenters. The monoisotopic (exact) mass is 387 g/mol. The maximum Gasteiger partial charge on any atom is 0.269 e. The van der Waals surface area contributed by atoms with E-state index in [2.05, 4.69) is 22.9 Å². The Labute approximate surface area is 163 Å². The van der Waals surface area contributed by atoms with E-state index in [1.165, 1.54) is 24.3 Å². The van der Waals surface area contributed by atoms with Gasteiger partial charge in [0.2, 0.25) is 0 Å². The molecule has 2 aromatic rings. The van der Waals surface area contributed by atoms with Gasteiger partial charge in [0.25, 0.3) is 11.4 Å². The van der Waals surface area contributed by atoms with Crippen molar-refractivity contribution in [1.82, 2.24) is 5.32 Å². The third-order valence-electron chi connectivity index (χ3n) is 4.24. The predicted octanol–water partition coefficient (Wildman–Crippen LogP) is 3.79. The summed E-state index contributed by atoms with van der Waals surface area (Å²) in [6.07, 6.45) is 1.85. The molecule has 0 saturated carbocycles. The van der Waals surface area contributed by atoms with Gasteiger partial charge in [0.15, 0.2) is 0 Å². The van der Waals surface area contributed by atoms with Crippen LogP contribution in [0.15, 0.2) is 48.5 Å². The zero-order valence-corrected chi connectivity index (χ0v) is 15.8. The van der Waals surface area contributed by atoms with Crippen LogP contribution in [0.2, 0.25) is 0 Å². The Morgan fingerprint density at radius 2 is 1.25 bits per heavy atom. The fraction of sp³-hybridized carbons (Fsp3) is 0.368. The summed E-state index contributed by atoms with van der Waals surface area (Å²) >= 11 is 0. The van der Waals surface area contributed by atoms with Crippen LogP contribution < -0.4 is 16.0 Å². The lowest BCUT2D eigenvalue weighted by Crippen LogP contribution is -2.29. The Morgan fingerprint density at radius 3 is 1.71 bits per heavy atom. The van der Waals surface area contributed by atoms with E-state index in [0.717, 1.165) is 43.9 Å².